The molecule has 2 nitrogen and oxygen atoms in total. The normalized spacial score (nSPS) is 32.7. The largest absolute Gasteiger partial charge is 0.378 e. The Morgan fingerprint density at radius 3 is 2.82 bits per heavy atom. The molecule has 2 atom stereocenters. The van der Waals surface area contributed by atoms with Gasteiger partial charge >= 0.3 is 0 Å². The molecule has 1 heterocycles. The number of hydrogen-bond donors (Lipinski definition) is 1. The molecule has 0 saturated carbocycles. The number of nitrogens with two attached hydrogens (primary N) is 1. The molecular formula is C9H19NO. The van der Waals surface area contributed by atoms with E-state index < -0.39 is 0 Å². The summed E-state index contributed by atoms with van der Waals surface area (Å²) in [7, 11) is 0. The van der Waals surface area contributed by atoms with E-state index in [1.165, 1.54) is 0 Å². The van der Waals surface area contributed by atoms with Crippen LogP contribution in [-0.2, 0) is 4.74 Å². The summed E-state index contributed by atoms with van der Waals surface area (Å²) in [5.41, 5.74) is 5.82. The second-order valence-electron chi connectivity index (χ2n) is 3.91. The Hall–Kier alpha value is -0.0800. The van der Waals surface area contributed by atoms with Gasteiger partial charge in [-0.3, -0.25) is 0 Å². The number of rotatable bonds is 2. The lowest BCUT2D eigenvalue weighted by Crippen LogP contribution is -2.35. The van der Waals surface area contributed by atoms with Crippen LogP contribution < -0.4 is 5.73 Å². The minimum atomic E-state index is 0.382. The molecule has 0 bridgehead atoms. The average molecular weight is 157 g/mol. The van der Waals surface area contributed by atoms with Gasteiger partial charge in [0.15, 0.2) is 0 Å². The van der Waals surface area contributed by atoms with Crippen LogP contribution in [0, 0.1) is 5.92 Å². The van der Waals surface area contributed by atoms with Gasteiger partial charge in [-0.2, -0.15) is 0 Å². The number of hydrogen-bond acceptors (Lipinski definition) is 2. The summed E-state index contributed by atoms with van der Waals surface area (Å²) in [5, 5.41) is 0. The van der Waals surface area contributed by atoms with Crippen molar-refractivity contribution in [2.45, 2.75) is 45.3 Å². The van der Waals surface area contributed by atoms with Crippen LogP contribution in [-0.4, -0.2) is 18.8 Å². The van der Waals surface area contributed by atoms with Crippen molar-refractivity contribution in [1.29, 1.82) is 0 Å². The molecule has 0 aromatic rings. The van der Waals surface area contributed by atoms with Crippen molar-refractivity contribution in [2.24, 2.45) is 11.7 Å². The highest BCUT2D eigenvalue weighted by Crippen LogP contribution is 2.18. The lowest BCUT2D eigenvalue weighted by molar-refractivity contribution is -0.00341. The zero-order valence-corrected chi connectivity index (χ0v) is 7.55. The van der Waals surface area contributed by atoms with Gasteiger partial charge in [0, 0.05) is 12.6 Å². The van der Waals surface area contributed by atoms with Crippen LogP contribution in [0.4, 0.5) is 0 Å². The van der Waals surface area contributed by atoms with Gasteiger partial charge in [-0.25, -0.2) is 0 Å². The monoisotopic (exact) mass is 157 g/mol. The van der Waals surface area contributed by atoms with E-state index in [1.807, 2.05) is 0 Å². The Balaban J connectivity index is 2.23. The van der Waals surface area contributed by atoms with Crippen LogP contribution in [0.1, 0.15) is 33.1 Å². The molecule has 0 amide bonds. The molecule has 2 N–H and O–H groups in total. The summed E-state index contributed by atoms with van der Waals surface area (Å²) < 4.78 is 5.58. The fourth-order valence-corrected chi connectivity index (χ4v) is 1.60. The van der Waals surface area contributed by atoms with Gasteiger partial charge in [-0.15, -0.1) is 0 Å². The molecule has 0 radical (unpaired) electrons. The Morgan fingerprint density at radius 2 is 2.27 bits per heavy atom. The highest BCUT2D eigenvalue weighted by molar-refractivity contribution is 4.74. The van der Waals surface area contributed by atoms with Gasteiger partial charge in [-0.05, 0) is 25.2 Å². The lowest BCUT2D eigenvalue weighted by atomic mass is 9.97. The van der Waals surface area contributed by atoms with Gasteiger partial charge in [0.2, 0.25) is 0 Å². The third kappa shape index (κ3) is 3.21. The second-order valence-corrected chi connectivity index (χ2v) is 3.91. The molecule has 11 heavy (non-hydrogen) atoms. The van der Waals surface area contributed by atoms with E-state index in [1.54, 1.807) is 0 Å². The van der Waals surface area contributed by atoms with Gasteiger partial charge in [0.25, 0.3) is 0 Å². The summed E-state index contributed by atoms with van der Waals surface area (Å²) in [6, 6.07) is 0.382. The first-order valence-electron chi connectivity index (χ1n) is 4.55. The third-order valence-corrected chi connectivity index (χ3v) is 2.14. The highest BCUT2D eigenvalue weighted by atomic mass is 16.5. The lowest BCUT2D eigenvalue weighted by Gasteiger charge is -2.28. The standard InChI is InChI=1S/C9H19NO/c1-7(2)5-9-6-8(10)3-4-11-9/h7-9H,3-6,10H2,1-2H3/t8-,9-/m0/s1. The minimum absolute atomic E-state index is 0.382. The third-order valence-electron chi connectivity index (χ3n) is 2.14. The molecule has 0 spiro atoms. The molecule has 2 heteroatoms. The van der Waals surface area contributed by atoms with Crippen molar-refractivity contribution in [3.05, 3.63) is 0 Å². The van der Waals surface area contributed by atoms with E-state index in [2.05, 4.69) is 13.8 Å². The minimum Gasteiger partial charge on any atom is -0.378 e. The molecule has 1 rings (SSSR count). The van der Waals surface area contributed by atoms with Crippen LogP contribution in [0.5, 0.6) is 0 Å². The van der Waals surface area contributed by atoms with Crippen LogP contribution >= 0.6 is 0 Å². The maximum atomic E-state index is 5.82. The van der Waals surface area contributed by atoms with Gasteiger partial charge in [0.05, 0.1) is 6.10 Å². The first kappa shape index (κ1) is 9.01. The quantitative estimate of drug-likeness (QED) is 0.660. The molecule has 1 aliphatic heterocycles. The van der Waals surface area contributed by atoms with Crippen molar-refractivity contribution < 1.29 is 4.74 Å². The zero-order valence-electron chi connectivity index (χ0n) is 7.55. The van der Waals surface area contributed by atoms with Gasteiger partial charge in [-0.1, -0.05) is 13.8 Å². The van der Waals surface area contributed by atoms with Crippen molar-refractivity contribution >= 4 is 0 Å². The summed E-state index contributed by atoms with van der Waals surface area (Å²) in [4.78, 5) is 0. The van der Waals surface area contributed by atoms with E-state index in [4.69, 9.17) is 10.5 Å². The zero-order chi connectivity index (χ0) is 8.27. The molecule has 1 aliphatic rings. The molecule has 0 unspecified atom stereocenters. The predicted octanol–water partition coefficient (Wildman–Crippen LogP) is 1.54. The Morgan fingerprint density at radius 1 is 1.55 bits per heavy atom. The van der Waals surface area contributed by atoms with Crippen molar-refractivity contribution in [1.82, 2.24) is 0 Å². The van der Waals surface area contributed by atoms with Crippen molar-refractivity contribution in [3.63, 3.8) is 0 Å². The highest BCUT2D eigenvalue weighted by Gasteiger charge is 2.19. The Bertz CT molecular complexity index is 112. The summed E-state index contributed by atoms with van der Waals surface area (Å²) in [6.07, 6.45) is 3.68. The Labute approximate surface area is 69.1 Å². The molecule has 0 aromatic heterocycles. The molecule has 1 fully saturated rings. The summed E-state index contributed by atoms with van der Waals surface area (Å²) in [6.45, 7) is 5.31. The maximum absolute atomic E-state index is 5.82. The summed E-state index contributed by atoms with van der Waals surface area (Å²) in [5.74, 6) is 0.727. The van der Waals surface area contributed by atoms with Crippen LogP contribution in [0.3, 0.4) is 0 Å². The van der Waals surface area contributed by atoms with E-state index in [9.17, 15) is 0 Å². The van der Waals surface area contributed by atoms with E-state index >= 15 is 0 Å². The fourth-order valence-electron chi connectivity index (χ4n) is 1.60. The maximum Gasteiger partial charge on any atom is 0.0592 e. The molecule has 66 valence electrons. The first-order valence-corrected chi connectivity index (χ1v) is 4.55. The topological polar surface area (TPSA) is 35.2 Å². The molecule has 1 saturated heterocycles. The van der Waals surface area contributed by atoms with Crippen LogP contribution in [0.2, 0.25) is 0 Å². The molecule has 0 aromatic carbocycles. The van der Waals surface area contributed by atoms with Crippen molar-refractivity contribution in [3.8, 4) is 0 Å². The van der Waals surface area contributed by atoms with E-state index in [0.29, 0.717) is 12.1 Å². The van der Waals surface area contributed by atoms with E-state index in [0.717, 1.165) is 31.8 Å². The number of ether oxygens (including phenoxy) is 1. The van der Waals surface area contributed by atoms with E-state index in [-0.39, 0.29) is 0 Å². The predicted molar refractivity (Wildman–Crippen MR) is 46.4 cm³/mol. The van der Waals surface area contributed by atoms with Gasteiger partial charge in [0.1, 0.15) is 0 Å². The van der Waals surface area contributed by atoms with Crippen molar-refractivity contribution in [2.75, 3.05) is 6.61 Å². The SMILES string of the molecule is CC(C)C[C@H]1C[C@@H](N)CCO1. The van der Waals surface area contributed by atoms with Gasteiger partial charge < -0.3 is 10.5 Å². The molecule has 0 aliphatic carbocycles. The fraction of sp³-hybridized carbons (Fsp3) is 1.00. The average Bonchev–Trinajstić information content (AvgIpc) is 1.85. The first-order chi connectivity index (χ1) is 5.18. The summed E-state index contributed by atoms with van der Waals surface area (Å²) >= 11 is 0. The van der Waals surface area contributed by atoms with Crippen LogP contribution in [0.25, 0.3) is 0 Å². The molecular weight excluding hydrogens is 138 g/mol. The van der Waals surface area contributed by atoms with Crippen LogP contribution in [0.15, 0.2) is 0 Å². The smallest absolute Gasteiger partial charge is 0.0592 e. The second kappa shape index (κ2) is 4.07. The Kier molecular flexibility index (Phi) is 3.34.